The summed E-state index contributed by atoms with van der Waals surface area (Å²) in [6.45, 7) is 7.68. The Balaban J connectivity index is 2.07. The highest BCUT2D eigenvalue weighted by Crippen LogP contribution is 2.12. The van der Waals surface area contributed by atoms with Crippen LogP contribution in [-0.4, -0.2) is 37.6 Å². The number of rotatable bonds is 1. The molecule has 1 saturated heterocycles. The fourth-order valence-electron chi connectivity index (χ4n) is 2.04. The second kappa shape index (κ2) is 4.51. The minimum absolute atomic E-state index is 0.969. The molecule has 0 bridgehead atoms. The van der Waals surface area contributed by atoms with Crippen molar-refractivity contribution in [3.8, 4) is 0 Å². The summed E-state index contributed by atoms with van der Waals surface area (Å²) in [5, 5.41) is 6.88. The summed E-state index contributed by atoms with van der Waals surface area (Å²) in [7, 11) is 0. The lowest BCUT2D eigenvalue weighted by Gasteiger charge is -2.29. The van der Waals surface area contributed by atoms with Crippen LogP contribution >= 0.6 is 0 Å². The molecule has 0 amide bonds. The van der Waals surface area contributed by atoms with Gasteiger partial charge in [0.2, 0.25) is 0 Å². The van der Waals surface area contributed by atoms with Gasteiger partial charge in [0.15, 0.2) is 0 Å². The van der Waals surface area contributed by atoms with Crippen molar-refractivity contribution in [3.05, 3.63) is 23.5 Å². The van der Waals surface area contributed by atoms with Crippen LogP contribution < -0.4 is 10.6 Å². The summed E-state index contributed by atoms with van der Waals surface area (Å²) in [6.07, 6.45) is 5.63. The number of dihydropyridines is 1. The topological polar surface area (TPSA) is 27.3 Å². The van der Waals surface area contributed by atoms with Crippen LogP contribution in [0.4, 0.5) is 0 Å². The van der Waals surface area contributed by atoms with Gasteiger partial charge >= 0.3 is 0 Å². The SMILES string of the molecule is CC1=C(N2CCCNCC2)NCC=C1. The van der Waals surface area contributed by atoms with Crippen molar-refractivity contribution in [2.24, 2.45) is 0 Å². The molecule has 0 radical (unpaired) electrons. The van der Waals surface area contributed by atoms with Crippen LogP contribution in [-0.2, 0) is 0 Å². The molecule has 0 atom stereocenters. The zero-order valence-corrected chi connectivity index (χ0v) is 8.84. The van der Waals surface area contributed by atoms with Crippen LogP contribution in [0.1, 0.15) is 13.3 Å². The highest BCUT2D eigenvalue weighted by molar-refractivity contribution is 5.26. The Bertz CT molecular complexity index is 247. The molecule has 0 unspecified atom stereocenters. The first-order valence-electron chi connectivity index (χ1n) is 5.45. The Morgan fingerprint density at radius 3 is 3.07 bits per heavy atom. The summed E-state index contributed by atoms with van der Waals surface area (Å²) in [4.78, 5) is 2.46. The van der Waals surface area contributed by atoms with Gasteiger partial charge in [0.25, 0.3) is 0 Å². The van der Waals surface area contributed by atoms with Crippen molar-refractivity contribution in [1.29, 1.82) is 0 Å². The van der Waals surface area contributed by atoms with E-state index in [0.29, 0.717) is 0 Å². The maximum absolute atomic E-state index is 3.46. The van der Waals surface area contributed by atoms with Gasteiger partial charge in [-0.1, -0.05) is 12.2 Å². The van der Waals surface area contributed by atoms with Gasteiger partial charge in [0.05, 0.1) is 0 Å². The zero-order valence-electron chi connectivity index (χ0n) is 8.84. The lowest BCUT2D eigenvalue weighted by molar-refractivity contribution is 0.338. The number of hydrogen-bond donors (Lipinski definition) is 2. The number of allylic oxidation sites excluding steroid dienone is 2. The van der Waals surface area contributed by atoms with Crippen molar-refractivity contribution in [2.45, 2.75) is 13.3 Å². The lowest BCUT2D eigenvalue weighted by atomic mass is 10.2. The Kier molecular flexibility index (Phi) is 3.09. The number of nitrogens with zero attached hydrogens (tertiary/aromatic N) is 1. The number of hydrogen-bond acceptors (Lipinski definition) is 3. The maximum atomic E-state index is 3.46. The fourth-order valence-corrected chi connectivity index (χ4v) is 2.04. The molecule has 3 heteroatoms. The van der Waals surface area contributed by atoms with Gasteiger partial charge in [-0.3, -0.25) is 0 Å². The van der Waals surface area contributed by atoms with Crippen LogP contribution in [0.2, 0.25) is 0 Å². The van der Waals surface area contributed by atoms with Crippen LogP contribution in [0.3, 0.4) is 0 Å². The van der Waals surface area contributed by atoms with E-state index in [-0.39, 0.29) is 0 Å². The fraction of sp³-hybridized carbons (Fsp3) is 0.636. The van der Waals surface area contributed by atoms with E-state index >= 15 is 0 Å². The van der Waals surface area contributed by atoms with Crippen LogP contribution in [0.5, 0.6) is 0 Å². The third-order valence-electron chi connectivity index (χ3n) is 2.79. The smallest absolute Gasteiger partial charge is 0.105 e. The molecule has 3 nitrogen and oxygen atoms in total. The molecule has 0 aliphatic carbocycles. The summed E-state index contributed by atoms with van der Waals surface area (Å²) >= 11 is 0. The second-order valence-electron chi connectivity index (χ2n) is 3.91. The van der Waals surface area contributed by atoms with Crippen molar-refractivity contribution in [3.63, 3.8) is 0 Å². The van der Waals surface area contributed by atoms with Gasteiger partial charge in [-0.05, 0) is 25.5 Å². The molecule has 0 spiro atoms. The predicted molar refractivity (Wildman–Crippen MR) is 58.9 cm³/mol. The molecule has 0 aromatic rings. The quantitative estimate of drug-likeness (QED) is 0.641. The van der Waals surface area contributed by atoms with E-state index < -0.39 is 0 Å². The normalized spacial score (nSPS) is 23.4. The van der Waals surface area contributed by atoms with Crippen molar-refractivity contribution in [1.82, 2.24) is 15.5 Å². The molecule has 2 rings (SSSR count). The van der Waals surface area contributed by atoms with E-state index in [1.165, 1.54) is 24.4 Å². The van der Waals surface area contributed by atoms with E-state index in [9.17, 15) is 0 Å². The van der Waals surface area contributed by atoms with E-state index in [1.54, 1.807) is 0 Å². The first kappa shape index (κ1) is 9.59. The molecule has 14 heavy (non-hydrogen) atoms. The van der Waals surface area contributed by atoms with Gasteiger partial charge in [-0.25, -0.2) is 0 Å². The molecule has 2 heterocycles. The molecular weight excluding hydrogens is 174 g/mol. The molecule has 0 aromatic heterocycles. The third-order valence-corrected chi connectivity index (χ3v) is 2.79. The molecule has 0 saturated carbocycles. The minimum atomic E-state index is 0.969. The predicted octanol–water partition coefficient (Wildman–Crippen LogP) is 0.673. The molecule has 1 fully saturated rings. The van der Waals surface area contributed by atoms with E-state index in [0.717, 1.165) is 26.2 Å². The van der Waals surface area contributed by atoms with Crippen LogP contribution in [0.15, 0.2) is 23.5 Å². The zero-order chi connectivity index (χ0) is 9.80. The van der Waals surface area contributed by atoms with Gasteiger partial charge in [-0.15, -0.1) is 0 Å². The summed E-state index contributed by atoms with van der Waals surface area (Å²) < 4.78 is 0. The second-order valence-corrected chi connectivity index (χ2v) is 3.91. The molecule has 78 valence electrons. The molecule has 0 aromatic carbocycles. The van der Waals surface area contributed by atoms with E-state index in [4.69, 9.17) is 0 Å². The standard InChI is InChI=1S/C11H19N3/c1-10-4-2-6-13-11(10)14-8-3-5-12-7-9-14/h2,4,12-13H,3,5-9H2,1H3. The van der Waals surface area contributed by atoms with Crippen LogP contribution in [0, 0.1) is 0 Å². The summed E-state index contributed by atoms with van der Waals surface area (Å²) in [5.41, 5.74) is 1.36. The average molecular weight is 193 g/mol. The maximum Gasteiger partial charge on any atom is 0.105 e. The Morgan fingerprint density at radius 2 is 2.21 bits per heavy atom. The van der Waals surface area contributed by atoms with Gasteiger partial charge in [0.1, 0.15) is 5.82 Å². The molecule has 2 aliphatic rings. The summed E-state index contributed by atoms with van der Waals surface area (Å²) in [5.74, 6) is 1.33. The average Bonchev–Trinajstić information content (AvgIpc) is 2.47. The number of nitrogens with one attached hydrogen (secondary N) is 2. The molecule has 2 N–H and O–H groups in total. The monoisotopic (exact) mass is 193 g/mol. The first-order valence-corrected chi connectivity index (χ1v) is 5.45. The Labute approximate surface area is 85.9 Å². The lowest BCUT2D eigenvalue weighted by Crippen LogP contribution is -2.36. The van der Waals surface area contributed by atoms with Crippen molar-refractivity contribution < 1.29 is 0 Å². The third kappa shape index (κ3) is 2.10. The Hall–Kier alpha value is -0.960. The summed E-state index contributed by atoms with van der Waals surface area (Å²) in [6, 6.07) is 0. The highest BCUT2D eigenvalue weighted by Gasteiger charge is 2.14. The first-order chi connectivity index (χ1) is 6.88. The van der Waals surface area contributed by atoms with Gasteiger partial charge in [-0.2, -0.15) is 0 Å². The van der Waals surface area contributed by atoms with Crippen LogP contribution in [0.25, 0.3) is 0 Å². The van der Waals surface area contributed by atoms with Crippen molar-refractivity contribution >= 4 is 0 Å². The molecular formula is C11H19N3. The Morgan fingerprint density at radius 1 is 1.29 bits per heavy atom. The highest BCUT2D eigenvalue weighted by atomic mass is 15.3. The largest absolute Gasteiger partial charge is 0.368 e. The van der Waals surface area contributed by atoms with E-state index in [1.807, 2.05) is 0 Å². The van der Waals surface area contributed by atoms with Gasteiger partial charge < -0.3 is 15.5 Å². The minimum Gasteiger partial charge on any atom is -0.368 e. The van der Waals surface area contributed by atoms with Gasteiger partial charge in [0, 0.05) is 26.2 Å². The van der Waals surface area contributed by atoms with Crippen molar-refractivity contribution in [2.75, 3.05) is 32.7 Å². The van der Waals surface area contributed by atoms with E-state index in [2.05, 4.69) is 34.6 Å². The molecule has 2 aliphatic heterocycles.